The Morgan fingerprint density at radius 2 is 1.59 bits per heavy atom. The molecule has 0 aromatic heterocycles. The summed E-state index contributed by atoms with van der Waals surface area (Å²) in [6.45, 7) is 3.81. The minimum Gasteiger partial charge on any atom is -0.497 e. The number of benzene rings is 2. The third-order valence-electron chi connectivity index (χ3n) is 3.81. The Labute approximate surface area is 159 Å². The molecule has 6 heteroatoms. The number of aryl methyl sites for hydroxylation is 2. The summed E-state index contributed by atoms with van der Waals surface area (Å²) in [7, 11) is 1.61. The van der Waals surface area contributed by atoms with Gasteiger partial charge in [-0.1, -0.05) is 18.2 Å². The number of esters is 1. The monoisotopic (exact) mass is 371 g/mol. The van der Waals surface area contributed by atoms with Crippen molar-refractivity contribution in [2.45, 2.75) is 20.3 Å². The normalized spacial score (nSPS) is 10.2. The Kier molecular flexibility index (Phi) is 7.67. The number of methoxy groups -OCH3 is 1. The molecule has 27 heavy (non-hydrogen) atoms. The highest BCUT2D eigenvalue weighted by atomic mass is 16.6. The van der Waals surface area contributed by atoms with Crippen molar-refractivity contribution in [1.29, 1.82) is 0 Å². The lowest BCUT2D eigenvalue weighted by Crippen LogP contribution is -2.31. The number of rotatable bonds is 9. The van der Waals surface area contributed by atoms with Gasteiger partial charge in [0.25, 0.3) is 5.91 Å². The highest BCUT2D eigenvalue weighted by Gasteiger charge is 2.09. The van der Waals surface area contributed by atoms with E-state index in [4.69, 9.17) is 14.2 Å². The van der Waals surface area contributed by atoms with Crippen LogP contribution in [0.4, 0.5) is 0 Å². The molecule has 0 aliphatic rings. The Balaban J connectivity index is 1.63. The van der Waals surface area contributed by atoms with Gasteiger partial charge in [0.15, 0.2) is 13.2 Å². The van der Waals surface area contributed by atoms with E-state index >= 15 is 0 Å². The molecule has 2 aromatic carbocycles. The van der Waals surface area contributed by atoms with Crippen LogP contribution in [0.15, 0.2) is 42.5 Å². The van der Waals surface area contributed by atoms with Gasteiger partial charge in [-0.3, -0.25) is 4.79 Å². The van der Waals surface area contributed by atoms with Gasteiger partial charge in [0, 0.05) is 6.54 Å². The number of carbonyl (C=O) groups is 2. The molecule has 0 saturated heterocycles. The lowest BCUT2D eigenvalue weighted by atomic mass is 10.1. The van der Waals surface area contributed by atoms with Gasteiger partial charge in [0.2, 0.25) is 0 Å². The van der Waals surface area contributed by atoms with Crippen LogP contribution in [0, 0.1) is 13.8 Å². The fourth-order valence-corrected chi connectivity index (χ4v) is 2.54. The van der Waals surface area contributed by atoms with E-state index in [9.17, 15) is 9.59 Å². The number of nitrogens with one attached hydrogen (secondary N) is 1. The highest BCUT2D eigenvalue weighted by Crippen LogP contribution is 2.16. The van der Waals surface area contributed by atoms with Gasteiger partial charge in [-0.25, -0.2) is 4.79 Å². The van der Waals surface area contributed by atoms with Crippen molar-refractivity contribution in [2.24, 2.45) is 0 Å². The second-order valence-electron chi connectivity index (χ2n) is 6.22. The standard InChI is InChI=1S/C21H25NO5/c1-15-10-16(2)12-19(11-15)26-14-21(24)27-13-20(23)22-9-8-17-4-6-18(25-3)7-5-17/h4-7,10-12H,8-9,13-14H2,1-3H3,(H,22,23). The maximum absolute atomic E-state index is 11.8. The molecule has 0 bridgehead atoms. The van der Waals surface area contributed by atoms with E-state index in [2.05, 4.69) is 5.32 Å². The number of hydrogen-bond donors (Lipinski definition) is 1. The third-order valence-corrected chi connectivity index (χ3v) is 3.81. The van der Waals surface area contributed by atoms with Gasteiger partial charge in [0.1, 0.15) is 11.5 Å². The maximum atomic E-state index is 11.8. The summed E-state index contributed by atoms with van der Waals surface area (Å²) in [6, 6.07) is 13.3. The molecule has 0 aliphatic carbocycles. The van der Waals surface area contributed by atoms with Gasteiger partial charge in [0.05, 0.1) is 7.11 Å². The minimum atomic E-state index is -0.584. The minimum absolute atomic E-state index is 0.234. The molecule has 0 fully saturated rings. The van der Waals surface area contributed by atoms with Crippen LogP contribution in [0.1, 0.15) is 16.7 Å². The summed E-state index contributed by atoms with van der Waals surface area (Å²) < 4.78 is 15.4. The molecule has 6 nitrogen and oxygen atoms in total. The Hall–Kier alpha value is -3.02. The molecule has 0 saturated carbocycles. The van der Waals surface area contributed by atoms with Crippen LogP contribution in [0.2, 0.25) is 0 Å². The van der Waals surface area contributed by atoms with Crippen molar-refractivity contribution in [3.63, 3.8) is 0 Å². The molecule has 1 amide bonds. The number of carbonyl (C=O) groups excluding carboxylic acids is 2. The fourth-order valence-electron chi connectivity index (χ4n) is 2.54. The third kappa shape index (κ3) is 7.40. The first kappa shape index (κ1) is 20.3. The van der Waals surface area contributed by atoms with Crippen LogP contribution < -0.4 is 14.8 Å². The van der Waals surface area contributed by atoms with Gasteiger partial charge < -0.3 is 19.5 Å². The molecule has 144 valence electrons. The molecule has 1 N–H and O–H groups in total. The van der Waals surface area contributed by atoms with Gasteiger partial charge >= 0.3 is 5.97 Å². The Bertz CT molecular complexity index is 750. The second kappa shape index (κ2) is 10.2. The van der Waals surface area contributed by atoms with Crippen LogP contribution >= 0.6 is 0 Å². The van der Waals surface area contributed by atoms with Crippen LogP contribution in [-0.4, -0.2) is 38.7 Å². The first-order chi connectivity index (χ1) is 13.0. The van der Waals surface area contributed by atoms with E-state index < -0.39 is 5.97 Å². The molecule has 0 atom stereocenters. The summed E-state index contributed by atoms with van der Waals surface area (Å²) in [5.74, 6) is 0.467. The molecule has 0 spiro atoms. The van der Waals surface area contributed by atoms with E-state index in [0.717, 1.165) is 22.4 Å². The predicted octanol–water partition coefficient (Wildman–Crippen LogP) is 2.59. The molecule has 0 heterocycles. The lowest BCUT2D eigenvalue weighted by molar-refractivity contribution is -0.150. The molecule has 2 aromatic rings. The zero-order valence-electron chi connectivity index (χ0n) is 15.9. The van der Waals surface area contributed by atoms with Crippen molar-refractivity contribution in [3.05, 3.63) is 59.2 Å². The first-order valence-corrected chi connectivity index (χ1v) is 8.72. The van der Waals surface area contributed by atoms with E-state index in [1.165, 1.54) is 0 Å². The maximum Gasteiger partial charge on any atom is 0.344 e. The van der Waals surface area contributed by atoms with E-state index in [1.807, 2.05) is 56.3 Å². The Morgan fingerprint density at radius 1 is 0.926 bits per heavy atom. The summed E-state index contributed by atoms with van der Waals surface area (Å²) in [5, 5.41) is 2.72. The summed E-state index contributed by atoms with van der Waals surface area (Å²) in [5.41, 5.74) is 3.18. The zero-order valence-corrected chi connectivity index (χ0v) is 15.9. The van der Waals surface area contributed by atoms with Crippen LogP contribution in [0.3, 0.4) is 0 Å². The average Bonchev–Trinajstić information content (AvgIpc) is 2.64. The van der Waals surface area contributed by atoms with Crippen LogP contribution in [0.5, 0.6) is 11.5 Å². The summed E-state index contributed by atoms with van der Waals surface area (Å²) >= 11 is 0. The predicted molar refractivity (Wildman–Crippen MR) is 102 cm³/mol. The van der Waals surface area contributed by atoms with Crippen molar-refractivity contribution in [1.82, 2.24) is 5.32 Å². The SMILES string of the molecule is COc1ccc(CCNC(=O)COC(=O)COc2cc(C)cc(C)c2)cc1. The molecular weight excluding hydrogens is 346 g/mol. The number of ether oxygens (including phenoxy) is 3. The first-order valence-electron chi connectivity index (χ1n) is 8.72. The van der Waals surface area contributed by atoms with Gasteiger partial charge in [-0.2, -0.15) is 0 Å². The van der Waals surface area contributed by atoms with E-state index in [0.29, 0.717) is 18.7 Å². The molecule has 0 unspecified atom stereocenters. The molecule has 0 radical (unpaired) electrons. The van der Waals surface area contributed by atoms with E-state index in [-0.39, 0.29) is 19.1 Å². The largest absolute Gasteiger partial charge is 0.497 e. The van der Waals surface area contributed by atoms with Crippen LogP contribution in [-0.2, 0) is 20.7 Å². The van der Waals surface area contributed by atoms with Crippen molar-refractivity contribution in [3.8, 4) is 11.5 Å². The molecule has 2 rings (SSSR count). The van der Waals surface area contributed by atoms with Crippen molar-refractivity contribution >= 4 is 11.9 Å². The molecular formula is C21H25NO5. The number of amides is 1. The summed E-state index contributed by atoms with van der Waals surface area (Å²) in [4.78, 5) is 23.5. The fraction of sp³-hybridized carbons (Fsp3) is 0.333. The number of hydrogen-bond acceptors (Lipinski definition) is 5. The van der Waals surface area contributed by atoms with Crippen molar-refractivity contribution in [2.75, 3.05) is 26.9 Å². The van der Waals surface area contributed by atoms with Gasteiger partial charge in [-0.15, -0.1) is 0 Å². The summed E-state index contributed by atoms with van der Waals surface area (Å²) in [6.07, 6.45) is 0.680. The van der Waals surface area contributed by atoms with Crippen molar-refractivity contribution < 1.29 is 23.8 Å². The molecule has 0 aliphatic heterocycles. The lowest BCUT2D eigenvalue weighted by Gasteiger charge is -2.09. The van der Waals surface area contributed by atoms with Crippen LogP contribution in [0.25, 0.3) is 0 Å². The topological polar surface area (TPSA) is 73.9 Å². The zero-order chi connectivity index (χ0) is 19.6. The highest BCUT2D eigenvalue weighted by molar-refractivity contribution is 5.80. The average molecular weight is 371 g/mol. The second-order valence-corrected chi connectivity index (χ2v) is 6.22. The van der Waals surface area contributed by atoms with E-state index in [1.54, 1.807) is 7.11 Å². The Morgan fingerprint density at radius 3 is 2.22 bits per heavy atom. The van der Waals surface area contributed by atoms with Gasteiger partial charge in [-0.05, 0) is 61.2 Å². The quantitative estimate of drug-likeness (QED) is 0.686. The smallest absolute Gasteiger partial charge is 0.344 e.